The van der Waals surface area contributed by atoms with Crippen molar-refractivity contribution < 1.29 is 17.9 Å². The molecule has 142 valence electrons. The number of aliphatic imine (C=N–C) groups is 1. The topological polar surface area (TPSA) is 75.8 Å². The molecule has 0 unspecified atom stereocenters. The number of nitrogens with two attached hydrogens (primary N) is 1. The van der Waals surface area contributed by atoms with E-state index < -0.39 is 6.36 Å². The fraction of sp³-hybridized carbons (Fsp3) is 0.250. The number of nitrogens with zero attached hydrogens (tertiary/aromatic N) is 3. The Morgan fingerprint density at radius 1 is 1.27 bits per heavy atom. The molecule has 6 nitrogen and oxygen atoms in total. The summed E-state index contributed by atoms with van der Waals surface area (Å²) in [6, 6.07) is 9.22. The van der Waals surface area contributed by atoms with Crippen molar-refractivity contribution in [2.24, 2.45) is 10.7 Å². The number of nitrogens with one attached hydrogen (secondary N) is 1. The standard InChI is InChI=1S/C16H18F3N5O.HI/c1-24(2)14-9-11(7-8-21-14)10-22-15(20)23-12-5-3-4-6-13(12)25-16(17,18)19;/h3-9H,10H2,1-2H3,(H3,20,22,23);1H. The van der Waals surface area contributed by atoms with Crippen LogP contribution in [0.25, 0.3) is 0 Å². The average Bonchev–Trinajstić information content (AvgIpc) is 2.54. The average molecular weight is 481 g/mol. The molecule has 0 aliphatic rings. The summed E-state index contributed by atoms with van der Waals surface area (Å²) in [5.74, 6) is 0.358. The van der Waals surface area contributed by atoms with Crippen molar-refractivity contribution in [3.63, 3.8) is 0 Å². The zero-order valence-corrected chi connectivity index (χ0v) is 16.4. The molecule has 0 fully saturated rings. The highest BCUT2D eigenvalue weighted by Crippen LogP contribution is 2.29. The minimum Gasteiger partial charge on any atom is -0.404 e. The number of alkyl halides is 3. The number of benzene rings is 1. The lowest BCUT2D eigenvalue weighted by molar-refractivity contribution is -0.274. The van der Waals surface area contributed by atoms with E-state index in [0.717, 1.165) is 11.4 Å². The molecule has 0 aliphatic heterocycles. The summed E-state index contributed by atoms with van der Waals surface area (Å²) in [5, 5.41) is 2.62. The number of anilines is 2. The first-order valence-corrected chi connectivity index (χ1v) is 7.28. The van der Waals surface area contributed by atoms with Gasteiger partial charge in [-0.2, -0.15) is 0 Å². The molecule has 1 aromatic heterocycles. The normalized spacial score (nSPS) is 11.5. The van der Waals surface area contributed by atoms with Crippen molar-refractivity contribution in [1.29, 1.82) is 0 Å². The number of hydrogen-bond donors (Lipinski definition) is 2. The second-order valence-electron chi connectivity index (χ2n) is 5.29. The van der Waals surface area contributed by atoms with Crippen LogP contribution in [-0.2, 0) is 6.54 Å². The molecule has 1 aromatic carbocycles. The van der Waals surface area contributed by atoms with Gasteiger partial charge in [0, 0.05) is 20.3 Å². The number of aromatic nitrogens is 1. The highest BCUT2D eigenvalue weighted by atomic mass is 127. The Hall–Kier alpha value is -2.24. The number of para-hydroxylation sites is 2. The van der Waals surface area contributed by atoms with E-state index in [0.29, 0.717) is 0 Å². The molecule has 0 spiro atoms. The maximum atomic E-state index is 12.4. The molecule has 0 atom stereocenters. The van der Waals surface area contributed by atoms with Gasteiger partial charge in [-0.05, 0) is 29.8 Å². The molecule has 0 amide bonds. The highest BCUT2D eigenvalue weighted by Gasteiger charge is 2.32. The van der Waals surface area contributed by atoms with Crippen LogP contribution in [0.4, 0.5) is 24.7 Å². The minimum atomic E-state index is -4.79. The first kappa shape index (κ1) is 21.8. The number of rotatable bonds is 5. The fourth-order valence-corrected chi connectivity index (χ4v) is 1.94. The molecule has 0 bridgehead atoms. The summed E-state index contributed by atoms with van der Waals surface area (Å²) in [6.07, 6.45) is -3.14. The van der Waals surface area contributed by atoms with Crippen LogP contribution in [0.15, 0.2) is 47.6 Å². The highest BCUT2D eigenvalue weighted by molar-refractivity contribution is 14.0. The predicted octanol–water partition coefficient (Wildman–Crippen LogP) is 3.59. The van der Waals surface area contributed by atoms with E-state index in [1.807, 2.05) is 25.1 Å². The van der Waals surface area contributed by atoms with Gasteiger partial charge >= 0.3 is 6.36 Å². The largest absolute Gasteiger partial charge is 0.573 e. The van der Waals surface area contributed by atoms with Crippen molar-refractivity contribution >= 4 is 41.4 Å². The number of pyridine rings is 1. The molecule has 0 saturated carbocycles. The summed E-state index contributed by atoms with van der Waals surface area (Å²) in [5.41, 5.74) is 6.70. The van der Waals surface area contributed by atoms with Gasteiger partial charge in [0.2, 0.25) is 0 Å². The SMILES string of the molecule is CN(C)c1cc(CN=C(N)Nc2ccccc2OC(F)(F)F)ccn1.I. The molecule has 0 saturated heterocycles. The van der Waals surface area contributed by atoms with Gasteiger partial charge < -0.3 is 20.7 Å². The Balaban J connectivity index is 0.00000338. The van der Waals surface area contributed by atoms with E-state index in [1.54, 1.807) is 18.3 Å². The van der Waals surface area contributed by atoms with Crippen molar-refractivity contribution in [2.75, 3.05) is 24.3 Å². The van der Waals surface area contributed by atoms with E-state index in [9.17, 15) is 13.2 Å². The molecule has 2 aromatic rings. The van der Waals surface area contributed by atoms with Gasteiger partial charge in [0.15, 0.2) is 11.7 Å². The zero-order valence-electron chi connectivity index (χ0n) is 14.1. The van der Waals surface area contributed by atoms with Crippen molar-refractivity contribution in [3.8, 4) is 5.75 Å². The maximum Gasteiger partial charge on any atom is 0.573 e. The zero-order chi connectivity index (χ0) is 18.4. The monoisotopic (exact) mass is 481 g/mol. The fourth-order valence-electron chi connectivity index (χ4n) is 1.94. The lowest BCUT2D eigenvalue weighted by atomic mass is 10.2. The van der Waals surface area contributed by atoms with Gasteiger partial charge in [0.1, 0.15) is 5.82 Å². The molecular formula is C16H19F3IN5O. The van der Waals surface area contributed by atoms with Crippen LogP contribution >= 0.6 is 24.0 Å². The Morgan fingerprint density at radius 2 is 1.96 bits per heavy atom. The third kappa shape index (κ3) is 6.94. The first-order chi connectivity index (χ1) is 11.7. The Labute approximate surface area is 166 Å². The van der Waals surface area contributed by atoms with Crippen LogP contribution < -0.4 is 20.7 Å². The molecule has 10 heteroatoms. The van der Waals surface area contributed by atoms with Crippen LogP contribution in [-0.4, -0.2) is 31.4 Å². The third-order valence-electron chi connectivity index (χ3n) is 3.08. The van der Waals surface area contributed by atoms with Gasteiger partial charge in [-0.15, -0.1) is 37.1 Å². The number of ether oxygens (including phenoxy) is 1. The lowest BCUT2D eigenvalue weighted by Gasteiger charge is -2.14. The van der Waals surface area contributed by atoms with Crippen molar-refractivity contribution in [1.82, 2.24) is 4.98 Å². The van der Waals surface area contributed by atoms with Crippen LogP contribution in [0.3, 0.4) is 0 Å². The van der Waals surface area contributed by atoms with Gasteiger partial charge in [-0.25, -0.2) is 9.98 Å². The smallest absolute Gasteiger partial charge is 0.404 e. The number of halogens is 4. The van der Waals surface area contributed by atoms with Crippen LogP contribution in [0.5, 0.6) is 5.75 Å². The molecule has 0 radical (unpaired) electrons. The summed E-state index contributed by atoms with van der Waals surface area (Å²) in [4.78, 5) is 10.2. The Bertz CT molecular complexity index is 753. The minimum absolute atomic E-state index is 0. The third-order valence-corrected chi connectivity index (χ3v) is 3.08. The van der Waals surface area contributed by atoms with Crippen molar-refractivity contribution in [2.45, 2.75) is 12.9 Å². The molecule has 2 rings (SSSR count). The second-order valence-corrected chi connectivity index (χ2v) is 5.29. The predicted molar refractivity (Wildman–Crippen MR) is 106 cm³/mol. The summed E-state index contributed by atoms with van der Waals surface area (Å²) < 4.78 is 41.2. The Kier molecular flexibility index (Phi) is 7.93. The van der Waals surface area contributed by atoms with Crippen LogP contribution in [0.2, 0.25) is 0 Å². The molecular weight excluding hydrogens is 462 g/mol. The van der Waals surface area contributed by atoms with E-state index >= 15 is 0 Å². The summed E-state index contributed by atoms with van der Waals surface area (Å²) in [7, 11) is 3.73. The van der Waals surface area contributed by atoms with Gasteiger partial charge in [-0.3, -0.25) is 0 Å². The quantitative estimate of drug-likeness (QED) is 0.388. The van der Waals surface area contributed by atoms with Gasteiger partial charge in [0.25, 0.3) is 0 Å². The van der Waals surface area contributed by atoms with Gasteiger partial charge in [0.05, 0.1) is 12.2 Å². The summed E-state index contributed by atoms with van der Waals surface area (Å²) in [6.45, 7) is 0.254. The molecule has 26 heavy (non-hydrogen) atoms. The molecule has 3 N–H and O–H groups in total. The summed E-state index contributed by atoms with van der Waals surface area (Å²) >= 11 is 0. The van der Waals surface area contributed by atoms with Crippen molar-refractivity contribution in [3.05, 3.63) is 48.2 Å². The molecule has 0 aliphatic carbocycles. The maximum absolute atomic E-state index is 12.4. The van der Waals surface area contributed by atoms with Gasteiger partial charge in [-0.1, -0.05) is 12.1 Å². The second kappa shape index (κ2) is 9.46. The lowest BCUT2D eigenvalue weighted by Crippen LogP contribution is -2.24. The van der Waals surface area contributed by atoms with Crippen LogP contribution in [0.1, 0.15) is 5.56 Å². The van der Waals surface area contributed by atoms with Crippen LogP contribution in [0, 0.1) is 0 Å². The van der Waals surface area contributed by atoms with E-state index in [-0.39, 0.29) is 47.9 Å². The Morgan fingerprint density at radius 3 is 2.62 bits per heavy atom. The van der Waals surface area contributed by atoms with E-state index in [4.69, 9.17) is 5.73 Å². The number of hydrogen-bond acceptors (Lipinski definition) is 4. The molecule has 1 heterocycles. The first-order valence-electron chi connectivity index (χ1n) is 7.28. The number of guanidine groups is 1. The van der Waals surface area contributed by atoms with E-state index in [1.165, 1.54) is 18.2 Å². The van der Waals surface area contributed by atoms with E-state index in [2.05, 4.69) is 20.0 Å².